The zero-order valence-corrected chi connectivity index (χ0v) is 13.2. The Hall–Kier alpha value is -2.68. The summed E-state index contributed by atoms with van der Waals surface area (Å²) in [7, 11) is 0. The average Bonchev–Trinajstić information content (AvgIpc) is 2.99. The molecule has 0 spiro atoms. The van der Waals surface area contributed by atoms with Gasteiger partial charge in [0.2, 0.25) is 0 Å². The van der Waals surface area contributed by atoms with Gasteiger partial charge in [-0.2, -0.15) is 0 Å². The lowest BCUT2D eigenvalue weighted by atomic mass is 9.94. The molecule has 0 radical (unpaired) electrons. The number of H-pyrrole nitrogens is 1. The van der Waals surface area contributed by atoms with Gasteiger partial charge < -0.3 is 4.98 Å². The summed E-state index contributed by atoms with van der Waals surface area (Å²) in [5.41, 5.74) is 7.08. The zero-order valence-electron chi connectivity index (χ0n) is 13.2. The summed E-state index contributed by atoms with van der Waals surface area (Å²) in [6, 6.07) is 10.6. The van der Waals surface area contributed by atoms with Crippen molar-refractivity contribution >= 4 is 22.7 Å². The van der Waals surface area contributed by atoms with Gasteiger partial charge in [0, 0.05) is 47.2 Å². The quantitative estimate of drug-likeness (QED) is 0.742. The number of aryl methyl sites for hydroxylation is 1. The molecule has 114 valence electrons. The smallest absolute Gasteiger partial charge is 0.0694 e. The maximum Gasteiger partial charge on any atom is 0.0694 e. The second-order valence-electron chi connectivity index (χ2n) is 6.04. The predicted octanol–water partition coefficient (Wildman–Crippen LogP) is 4.54. The van der Waals surface area contributed by atoms with Crippen molar-refractivity contribution in [1.82, 2.24) is 9.97 Å². The van der Waals surface area contributed by atoms with Crippen LogP contribution in [0, 0.1) is 6.92 Å². The summed E-state index contributed by atoms with van der Waals surface area (Å²) in [5.74, 6) is 0. The van der Waals surface area contributed by atoms with Gasteiger partial charge in [-0.25, -0.2) is 0 Å². The first kappa shape index (κ1) is 13.9. The minimum Gasteiger partial charge on any atom is -0.361 e. The van der Waals surface area contributed by atoms with Gasteiger partial charge in [0.05, 0.1) is 5.71 Å². The normalized spacial score (nSPS) is 16.7. The molecule has 3 aromatic rings. The summed E-state index contributed by atoms with van der Waals surface area (Å²) < 4.78 is 0. The highest BCUT2D eigenvalue weighted by Gasteiger charge is 2.15. The van der Waals surface area contributed by atoms with Crippen LogP contribution in [0.15, 0.2) is 59.5 Å². The third-order valence-electron chi connectivity index (χ3n) is 4.28. The second-order valence-corrected chi connectivity index (χ2v) is 6.04. The van der Waals surface area contributed by atoms with E-state index in [2.05, 4.69) is 59.5 Å². The molecule has 0 saturated heterocycles. The van der Waals surface area contributed by atoms with Gasteiger partial charge in [-0.3, -0.25) is 9.98 Å². The fraction of sp³-hybridized carbons (Fsp3) is 0.200. The number of fused-ring (bicyclic) bond motifs is 1. The predicted molar refractivity (Wildman–Crippen MR) is 95.9 cm³/mol. The first-order valence-corrected chi connectivity index (χ1v) is 8.05. The molecule has 0 fully saturated rings. The van der Waals surface area contributed by atoms with Crippen molar-refractivity contribution in [3.05, 3.63) is 71.2 Å². The fourth-order valence-corrected chi connectivity index (χ4v) is 3.18. The Balaban J connectivity index is 1.80. The number of hydrogen-bond acceptors (Lipinski definition) is 2. The number of nitrogens with zero attached hydrogens (tertiary/aromatic N) is 2. The van der Waals surface area contributed by atoms with E-state index in [1.54, 1.807) is 0 Å². The molecule has 1 aliphatic rings. The van der Waals surface area contributed by atoms with Crippen LogP contribution in [0.25, 0.3) is 17.0 Å². The maximum absolute atomic E-state index is 4.78. The monoisotopic (exact) mass is 301 g/mol. The standard InChI is InChI=1S/C20H19N3/c1-14-9-17(12-21-11-14)20-15(5-4-8-22-20)10-16-13-23-19-7-3-2-6-18(16)19/h2-3,6-7,9-13,23H,4-5,8H2,1H3. The summed E-state index contributed by atoms with van der Waals surface area (Å²) in [6.07, 6.45) is 10.3. The second kappa shape index (κ2) is 5.84. The number of aliphatic imine (C=N–C) groups is 1. The van der Waals surface area contributed by atoms with E-state index < -0.39 is 0 Å². The van der Waals surface area contributed by atoms with Gasteiger partial charge in [0.15, 0.2) is 0 Å². The topological polar surface area (TPSA) is 41.0 Å². The van der Waals surface area contributed by atoms with E-state index in [0.29, 0.717) is 0 Å². The van der Waals surface area contributed by atoms with Gasteiger partial charge in [0.25, 0.3) is 0 Å². The number of aromatic amines is 1. The Bertz CT molecular complexity index is 915. The van der Waals surface area contributed by atoms with Gasteiger partial charge >= 0.3 is 0 Å². The highest BCUT2D eigenvalue weighted by atomic mass is 14.8. The Kier molecular flexibility index (Phi) is 3.54. The van der Waals surface area contributed by atoms with Crippen molar-refractivity contribution in [3.8, 4) is 0 Å². The van der Waals surface area contributed by atoms with Crippen LogP contribution < -0.4 is 0 Å². The molecule has 0 aliphatic carbocycles. The zero-order chi connectivity index (χ0) is 15.6. The molecule has 4 rings (SSSR count). The summed E-state index contributed by atoms with van der Waals surface area (Å²) in [5, 5.41) is 1.26. The average molecular weight is 301 g/mol. The van der Waals surface area contributed by atoms with Crippen LogP contribution in [0.1, 0.15) is 29.5 Å². The van der Waals surface area contributed by atoms with Gasteiger partial charge in [-0.15, -0.1) is 0 Å². The first-order valence-electron chi connectivity index (χ1n) is 8.05. The lowest BCUT2D eigenvalue weighted by Gasteiger charge is -2.16. The first-order chi connectivity index (χ1) is 11.3. The van der Waals surface area contributed by atoms with Crippen molar-refractivity contribution in [2.45, 2.75) is 19.8 Å². The van der Waals surface area contributed by atoms with Crippen molar-refractivity contribution in [2.24, 2.45) is 4.99 Å². The lowest BCUT2D eigenvalue weighted by Crippen LogP contribution is -2.12. The minimum absolute atomic E-state index is 0.897. The molecular weight excluding hydrogens is 282 g/mol. The van der Waals surface area contributed by atoms with Crippen molar-refractivity contribution < 1.29 is 0 Å². The minimum atomic E-state index is 0.897. The van der Waals surface area contributed by atoms with E-state index >= 15 is 0 Å². The molecular formula is C20H19N3. The Labute approximate surface area is 135 Å². The molecule has 3 heteroatoms. The third-order valence-corrected chi connectivity index (χ3v) is 4.28. The lowest BCUT2D eigenvalue weighted by molar-refractivity contribution is 0.818. The number of allylic oxidation sites excluding steroid dienone is 1. The molecule has 1 aromatic carbocycles. The molecule has 3 heterocycles. The Morgan fingerprint density at radius 3 is 3.00 bits per heavy atom. The number of pyridine rings is 1. The van der Waals surface area contributed by atoms with Crippen molar-refractivity contribution in [2.75, 3.05) is 6.54 Å². The Morgan fingerprint density at radius 1 is 1.17 bits per heavy atom. The molecule has 0 atom stereocenters. The van der Waals surface area contributed by atoms with Crippen LogP contribution in [-0.2, 0) is 0 Å². The number of benzene rings is 1. The molecule has 3 nitrogen and oxygen atoms in total. The van der Waals surface area contributed by atoms with E-state index in [1.807, 2.05) is 12.4 Å². The summed E-state index contributed by atoms with van der Waals surface area (Å²) in [6.45, 7) is 2.97. The van der Waals surface area contributed by atoms with E-state index in [9.17, 15) is 0 Å². The largest absolute Gasteiger partial charge is 0.361 e. The van der Waals surface area contributed by atoms with Crippen LogP contribution in [-0.4, -0.2) is 22.2 Å². The number of para-hydroxylation sites is 1. The van der Waals surface area contributed by atoms with Crippen LogP contribution in [0.5, 0.6) is 0 Å². The van der Waals surface area contributed by atoms with E-state index in [0.717, 1.165) is 30.7 Å². The van der Waals surface area contributed by atoms with E-state index in [4.69, 9.17) is 4.99 Å². The van der Waals surface area contributed by atoms with Crippen LogP contribution in [0.3, 0.4) is 0 Å². The Morgan fingerprint density at radius 2 is 2.09 bits per heavy atom. The van der Waals surface area contributed by atoms with Crippen molar-refractivity contribution in [1.29, 1.82) is 0 Å². The molecule has 23 heavy (non-hydrogen) atoms. The number of rotatable bonds is 2. The molecule has 1 aliphatic heterocycles. The van der Waals surface area contributed by atoms with Crippen LogP contribution in [0.2, 0.25) is 0 Å². The van der Waals surface area contributed by atoms with Crippen molar-refractivity contribution in [3.63, 3.8) is 0 Å². The molecule has 1 N–H and O–H groups in total. The number of nitrogens with one attached hydrogen (secondary N) is 1. The molecule has 0 bridgehead atoms. The SMILES string of the molecule is Cc1cncc(C2=NCCCC2=Cc2c[nH]c3ccccc23)c1. The van der Waals surface area contributed by atoms with E-state index in [-0.39, 0.29) is 0 Å². The van der Waals surface area contributed by atoms with Gasteiger partial charge in [-0.05, 0) is 49.1 Å². The highest BCUT2D eigenvalue weighted by Crippen LogP contribution is 2.26. The maximum atomic E-state index is 4.78. The van der Waals surface area contributed by atoms with Crippen LogP contribution in [0.4, 0.5) is 0 Å². The fourth-order valence-electron chi connectivity index (χ4n) is 3.18. The molecule has 0 unspecified atom stereocenters. The third kappa shape index (κ3) is 2.70. The summed E-state index contributed by atoms with van der Waals surface area (Å²) >= 11 is 0. The summed E-state index contributed by atoms with van der Waals surface area (Å²) in [4.78, 5) is 12.5. The van der Waals surface area contributed by atoms with Gasteiger partial charge in [-0.1, -0.05) is 18.2 Å². The molecule has 0 saturated carbocycles. The molecule has 0 amide bonds. The van der Waals surface area contributed by atoms with Crippen LogP contribution >= 0.6 is 0 Å². The highest BCUT2D eigenvalue weighted by molar-refractivity contribution is 6.15. The number of aromatic nitrogens is 2. The number of hydrogen-bond donors (Lipinski definition) is 1. The van der Waals surface area contributed by atoms with Gasteiger partial charge in [0.1, 0.15) is 0 Å². The molecule has 2 aromatic heterocycles. The van der Waals surface area contributed by atoms with E-state index in [1.165, 1.54) is 27.6 Å².